The van der Waals surface area contributed by atoms with Gasteiger partial charge in [0.15, 0.2) is 0 Å². The van der Waals surface area contributed by atoms with Crippen molar-refractivity contribution in [3.63, 3.8) is 0 Å². The van der Waals surface area contributed by atoms with E-state index in [9.17, 15) is 9.59 Å². The van der Waals surface area contributed by atoms with Crippen molar-refractivity contribution in [2.75, 3.05) is 7.05 Å². The number of rotatable bonds is 4. The molecule has 23 heavy (non-hydrogen) atoms. The standard InChI is InChI=1S/C18H24N2O3/c1-12(21)15(19-5)10-13-11-20(17(22)23-18(2,3)4)16-9-7-6-8-14(13)16/h6-9,11,15,19H,10H2,1-5H3/t15-/m0/s1. The minimum Gasteiger partial charge on any atom is -0.443 e. The van der Waals surface area contributed by atoms with Crippen LogP contribution in [-0.4, -0.2) is 35.1 Å². The van der Waals surface area contributed by atoms with Gasteiger partial charge in [-0.15, -0.1) is 0 Å². The van der Waals surface area contributed by atoms with Crippen LogP contribution < -0.4 is 5.32 Å². The third-order valence-electron chi connectivity index (χ3n) is 3.65. The quantitative estimate of drug-likeness (QED) is 0.941. The van der Waals surface area contributed by atoms with Crippen molar-refractivity contribution in [3.8, 4) is 0 Å². The highest BCUT2D eigenvalue weighted by Gasteiger charge is 2.22. The number of carbonyl (C=O) groups excluding carboxylic acids is 2. The molecule has 1 atom stereocenters. The number of ether oxygens (including phenoxy) is 1. The zero-order valence-electron chi connectivity index (χ0n) is 14.3. The summed E-state index contributed by atoms with van der Waals surface area (Å²) in [4.78, 5) is 24.1. The molecule has 0 aliphatic carbocycles. The van der Waals surface area contributed by atoms with Crippen LogP contribution in [0.15, 0.2) is 30.5 Å². The Morgan fingerprint density at radius 1 is 1.26 bits per heavy atom. The number of benzene rings is 1. The molecule has 0 aliphatic rings. The first-order valence-electron chi connectivity index (χ1n) is 7.73. The monoisotopic (exact) mass is 316 g/mol. The van der Waals surface area contributed by atoms with Crippen LogP contribution in [0.1, 0.15) is 33.3 Å². The molecule has 0 saturated heterocycles. The van der Waals surface area contributed by atoms with Gasteiger partial charge in [-0.05, 0) is 52.8 Å². The van der Waals surface area contributed by atoms with Gasteiger partial charge in [0.1, 0.15) is 11.4 Å². The lowest BCUT2D eigenvalue weighted by atomic mass is 10.0. The van der Waals surface area contributed by atoms with Crippen LogP contribution >= 0.6 is 0 Å². The van der Waals surface area contributed by atoms with E-state index in [1.807, 2.05) is 45.0 Å². The van der Waals surface area contributed by atoms with Crippen molar-refractivity contribution in [1.29, 1.82) is 0 Å². The molecule has 0 saturated carbocycles. The van der Waals surface area contributed by atoms with Gasteiger partial charge in [0, 0.05) is 11.6 Å². The van der Waals surface area contributed by atoms with Crippen molar-refractivity contribution in [1.82, 2.24) is 9.88 Å². The fourth-order valence-electron chi connectivity index (χ4n) is 2.54. The molecular formula is C18H24N2O3. The van der Waals surface area contributed by atoms with Gasteiger partial charge in [0.25, 0.3) is 0 Å². The Hall–Kier alpha value is -2.14. The fraction of sp³-hybridized carbons (Fsp3) is 0.444. The van der Waals surface area contributed by atoms with E-state index < -0.39 is 11.7 Å². The molecule has 0 amide bonds. The highest BCUT2D eigenvalue weighted by molar-refractivity contribution is 5.92. The largest absolute Gasteiger partial charge is 0.443 e. The summed E-state index contributed by atoms with van der Waals surface area (Å²) in [6, 6.07) is 7.37. The average Bonchev–Trinajstić information content (AvgIpc) is 2.81. The summed E-state index contributed by atoms with van der Waals surface area (Å²) >= 11 is 0. The summed E-state index contributed by atoms with van der Waals surface area (Å²) in [6.07, 6.45) is 1.89. The molecule has 0 spiro atoms. The summed E-state index contributed by atoms with van der Waals surface area (Å²) in [5.74, 6) is 0.0709. The maximum Gasteiger partial charge on any atom is 0.419 e. The topological polar surface area (TPSA) is 60.3 Å². The third kappa shape index (κ3) is 3.99. The lowest BCUT2D eigenvalue weighted by Crippen LogP contribution is -2.34. The van der Waals surface area contributed by atoms with Gasteiger partial charge in [0.05, 0.1) is 11.6 Å². The van der Waals surface area contributed by atoms with Crippen LogP contribution in [0, 0.1) is 0 Å². The van der Waals surface area contributed by atoms with E-state index in [1.54, 1.807) is 20.2 Å². The number of aromatic nitrogens is 1. The number of nitrogens with zero attached hydrogens (tertiary/aromatic N) is 1. The lowest BCUT2D eigenvalue weighted by Gasteiger charge is -2.19. The van der Waals surface area contributed by atoms with Gasteiger partial charge in [-0.2, -0.15) is 0 Å². The molecule has 5 heteroatoms. The van der Waals surface area contributed by atoms with Crippen LogP contribution in [0.25, 0.3) is 10.9 Å². The van der Waals surface area contributed by atoms with E-state index in [2.05, 4.69) is 5.32 Å². The fourth-order valence-corrected chi connectivity index (χ4v) is 2.54. The molecule has 0 aliphatic heterocycles. The van der Waals surface area contributed by atoms with Crippen LogP contribution in [0.5, 0.6) is 0 Å². The SMILES string of the molecule is CN[C@@H](Cc1cn(C(=O)OC(C)(C)C)c2ccccc12)C(C)=O. The summed E-state index contributed by atoms with van der Waals surface area (Å²) < 4.78 is 6.98. The Balaban J connectivity index is 2.44. The summed E-state index contributed by atoms with van der Waals surface area (Å²) in [7, 11) is 1.76. The summed E-state index contributed by atoms with van der Waals surface area (Å²) in [5.41, 5.74) is 1.17. The number of likely N-dealkylation sites (N-methyl/N-ethyl adjacent to an activating group) is 1. The molecule has 1 heterocycles. The van der Waals surface area contributed by atoms with Gasteiger partial charge in [-0.1, -0.05) is 18.2 Å². The smallest absolute Gasteiger partial charge is 0.419 e. The summed E-state index contributed by atoms with van der Waals surface area (Å²) in [5, 5.41) is 3.97. The number of carbonyl (C=O) groups is 2. The molecule has 0 bridgehead atoms. The first-order valence-corrected chi connectivity index (χ1v) is 7.73. The van der Waals surface area contributed by atoms with Crippen LogP contribution in [0.3, 0.4) is 0 Å². The zero-order chi connectivity index (χ0) is 17.2. The van der Waals surface area contributed by atoms with E-state index >= 15 is 0 Å². The maximum atomic E-state index is 12.4. The number of nitrogens with one attached hydrogen (secondary N) is 1. The minimum absolute atomic E-state index is 0.0709. The average molecular weight is 316 g/mol. The van der Waals surface area contributed by atoms with Crippen LogP contribution in [-0.2, 0) is 16.0 Å². The Morgan fingerprint density at radius 2 is 1.91 bits per heavy atom. The van der Waals surface area contributed by atoms with E-state index in [0.29, 0.717) is 6.42 Å². The zero-order valence-corrected chi connectivity index (χ0v) is 14.3. The van der Waals surface area contributed by atoms with Gasteiger partial charge in [-0.3, -0.25) is 9.36 Å². The molecular weight excluding hydrogens is 292 g/mol. The number of fused-ring (bicyclic) bond motifs is 1. The first kappa shape index (κ1) is 17.2. The highest BCUT2D eigenvalue weighted by atomic mass is 16.6. The van der Waals surface area contributed by atoms with Crippen LogP contribution in [0.4, 0.5) is 4.79 Å². The van der Waals surface area contributed by atoms with E-state index in [4.69, 9.17) is 4.74 Å². The second kappa shape index (κ2) is 6.54. The molecule has 0 unspecified atom stereocenters. The van der Waals surface area contributed by atoms with E-state index in [-0.39, 0.29) is 11.8 Å². The molecule has 2 rings (SSSR count). The van der Waals surface area contributed by atoms with Gasteiger partial charge in [0.2, 0.25) is 0 Å². The van der Waals surface area contributed by atoms with Gasteiger partial charge < -0.3 is 10.1 Å². The molecule has 0 fully saturated rings. The molecule has 2 aromatic rings. The molecule has 0 radical (unpaired) electrons. The Morgan fingerprint density at radius 3 is 2.48 bits per heavy atom. The molecule has 1 aromatic carbocycles. The second-order valence-electron chi connectivity index (χ2n) is 6.68. The predicted octanol–water partition coefficient (Wildman–Crippen LogP) is 3.14. The third-order valence-corrected chi connectivity index (χ3v) is 3.65. The highest BCUT2D eigenvalue weighted by Crippen LogP contribution is 2.24. The van der Waals surface area contributed by atoms with Crippen molar-refractivity contribution in [2.24, 2.45) is 0 Å². The van der Waals surface area contributed by atoms with Crippen LogP contribution in [0.2, 0.25) is 0 Å². The number of para-hydroxylation sites is 1. The maximum absolute atomic E-state index is 12.4. The normalized spacial score (nSPS) is 13.1. The Kier molecular flexibility index (Phi) is 4.90. The number of Topliss-reactive ketones (excluding diaryl/α,β-unsaturated/α-hetero) is 1. The molecule has 1 aromatic heterocycles. The van der Waals surface area contributed by atoms with Crippen molar-refractivity contribution in [3.05, 3.63) is 36.0 Å². The number of ketones is 1. The van der Waals surface area contributed by atoms with Crippen molar-refractivity contribution >= 4 is 22.8 Å². The van der Waals surface area contributed by atoms with Gasteiger partial charge >= 0.3 is 6.09 Å². The molecule has 1 N–H and O–H groups in total. The Labute approximate surface area is 136 Å². The van der Waals surface area contributed by atoms with Gasteiger partial charge in [-0.25, -0.2) is 4.79 Å². The Bertz CT molecular complexity index is 725. The van der Waals surface area contributed by atoms with E-state index in [0.717, 1.165) is 16.5 Å². The number of hydrogen-bond acceptors (Lipinski definition) is 4. The molecule has 5 nitrogen and oxygen atoms in total. The molecule has 124 valence electrons. The van der Waals surface area contributed by atoms with E-state index in [1.165, 1.54) is 4.57 Å². The van der Waals surface area contributed by atoms with Crippen molar-refractivity contribution in [2.45, 2.75) is 45.8 Å². The lowest BCUT2D eigenvalue weighted by molar-refractivity contribution is -0.118. The van der Waals surface area contributed by atoms with Crippen molar-refractivity contribution < 1.29 is 14.3 Å². The number of hydrogen-bond donors (Lipinski definition) is 1. The second-order valence-corrected chi connectivity index (χ2v) is 6.68. The predicted molar refractivity (Wildman–Crippen MR) is 90.8 cm³/mol. The summed E-state index contributed by atoms with van der Waals surface area (Å²) in [6.45, 7) is 7.08. The minimum atomic E-state index is -0.560. The first-order chi connectivity index (χ1) is 10.7.